The van der Waals surface area contributed by atoms with Gasteiger partial charge in [0.15, 0.2) is 5.13 Å². The minimum atomic E-state index is -3.67. The fourth-order valence-electron chi connectivity index (χ4n) is 2.99. The van der Waals surface area contributed by atoms with Crippen LogP contribution >= 0.6 is 11.3 Å². The van der Waals surface area contributed by atoms with Crippen LogP contribution in [0, 0.1) is 13.8 Å². The first-order valence-electron chi connectivity index (χ1n) is 9.76. The molecule has 164 valence electrons. The van der Waals surface area contributed by atoms with E-state index < -0.39 is 10.0 Å². The Kier molecular flexibility index (Phi) is 7.42. The largest absolute Gasteiger partial charge is 0.495 e. The summed E-state index contributed by atoms with van der Waals surface area (Å²) < 4.78 is 32.9. The van der Waals surface area contributed by atoms with Crippen LogP contribution in [0.25, 0.3) is 0 Å². The molecule has 0 aliphatic heterocycles. The second-order valence-corrected chi connectivity index (χ2v) is 9.61. The quantitative estimate of drug-likeness (QED) is 0.354. The number of ketones is 1. The summed E-state index contributed by atoms with van der Waals surface area (Å²) in [5, 5.41) is 5.49. The fourth-order valence-corrected chi connectivity index (χ4v) is 5.03. The number of benzene rings is 2. The maximum Gasteiger partial charge on any atom is 0.244 e. The van der Waals surface area contributed by atoms with E-state index in [9.17, 15) is 13.2 Å². The number of hydrogen-bond acceptors (Lipinski definition) is 7. The first-order valence-corrected chi connectivity index (χ1v) is 12.1. The average molecular weight is 460 g/mol. The van der Waals surface area contributed by atoms with Gasteiger partial charge in [-0.25, -0.2) is 18.1 Å². The van der Waals surface area contributed by atoms with E-state index >= 15 is 0 Å². The van der Waals surface area contributed by atoms with E-state index in [0.29, 0.717) is 35.1 Å². The van der Waals surface area contributed by atoms with Gasteiger partial charge in [0.05, 0.1) is 7.11 Å². The van der Waals surface area contributed by atoms with Gasteiger partial charge in [0.2, 0.25) is 15.8 Å². The van der Waals surface area contributed by atoms with Crippen LogP contribution in [0.5, 0.6) is 5.75 Å². The number of rotatable bonds is 10. The van der Waals surface area contributed by atoms with E-state index in [1.54, 1.807) is 29.6 Å². The molecule has 0 aliphatic rings. The maximum absolute atomic E-state index is 12.6. The molecule has 0 fully saturated rings. The molecule has 0 aliphatic carbocycles. The highest BCUT2D eigenvalue weighted by Gasteiger charge is 2.19. The molecule has 3 aromatic rings. The van der Waals surface area contributed by atoms with E-state index in [0.717, 1.165) is 11.1 Å². The Labute approximate surface area is 186 Å². The molecule has 0 bridgehead atoms. The number of thiazole rings is 1. The number of methoxy groups -OCH3 is 1. The summed E-state index contributed by atoms with van der Waals surface area (Å²) in [5.41, 5.74) is 2.78. The lowest BCUT2D eigenvalue weighted by atomic mass is 10.0. The number of anilines is 1. The highest BCUT2D eigenvalue weighted by molar-refractivity contribution is 7.89. The van der Waals surface area contributed by atoms with Crippen LogP contribution in [0.15, 0.2) is 52.7 Å². The van der Waals surface area contributed by atoms with Crippen LogP contribution in [0.3, 0.4) is 0 Å². The Balaban J connectivity index is 1.51. The third kappa shape index (κ3) is 5.69. The minimum Gasteiger partial charge on any atom is -0.495 e. The van der Waals surface area contributed by atoms with Crippen molar-refractivity contribution in [2.24, 2.45) is 0 Å². The summed E-state index contributed by atoms with van der Waals surface area (Å²) >= 11 is 1.35. The molecule has 0 spiro atoms. The van der Waals surface area contributed by atoms with Crippen molar-refractivity contribution >= 4 is 32.3 Å². The molecule has 9 heteroatoms. The summed E-state index contributed by atoms with van der Waals surface area (Å²) in [6, 6.07) is 12.4. The van der Waals surface area contributed by atoms with E-state index in [2.05, 4.69) is 15.0 Å². The molecule has 2 N–H and O–H groups in total. The predicted molar refractivity (Wildman–Crippen MR) is 123 cm³/mol. The minimum absolute atomic E-state index is 0.109. The van der Waals surface area contributed by atoms with Gasteiger partial charge in [-0.05, 0) is 43.5 Å². The molecule has 1 heterocycles. The van der Waals surface area contributed by atoms with Gasteiger partial charge in [-0.2, -0.15) is 0 Å². The summed E-state index contributed by atoms with van der Waals surface area (Å²) in [5.74, 6) is 0.201. The number of nitrogens with one attached hydrogen (secondary N) is 2. The SMILES string of the molecule is COc1ccc(C)cc1S(=O)(=O)NCCCNc1nc(C(=O)c2ccccc2C)cs1. The molecule has 0 unspecified atom stereocenters. The van der Waals surface area contributed by atoms with Crippen molar-refractivity contribution < 1.29 is 17.9 Å². The van der Waals surface area contributed by atoms with Crippen molar-refractivity contribution in [3.05, 3.63) is 70.2 Å². The van der Waals surface area contributed by atoms with Crippen molar-refractivity contribution in [1.29, 1.82) is 0 Å². The van der Waals surface area contributed by atoms with Crippen LogP contribution in [0.4, 0.5) is 5.13 Å². The zero-order valence-corrected chi connectivity index (χ0v) is 19.3. The number of nitrogens with zero attached hydrogens (tertiary/aromatic N) is 1. The third-order valence-corrected chi connectivity index (χ3v) is 6.94. The summed E-state index contributed by atoms with van der Waals surface area (Å²) in [7, 11) is -2.23. The number of carbonyl (C=O) groups excluding carboxylic acids is 1. The Morgan fingerprint density at radius 2 is 1.90 bits per heavy atom. The zero-order chi connectivity index (χ0) is 22.4. The molecule has 0 atom stereocenters. The van der Waals surface area contributed by atoms with E-state index in [-0.39, 0.29) is 17.2 Å². The molecular formula is C22H25N3O4S2. The number of aromatic nitrogens is 1. The molecule has 3 rings (SSSR count). The van der Waals surface area contributed by atoms with Crippen molar-refractivity contribution in [1.82, 2.24) is 9.71 Å². The predicted octanol–water partition coefficient (Wildman–Crippen LogP) is 3.78. The van der Waals surface area contributed by atoms with Crippen molar-refractivity contribution in [2.45, 2.75) is 25.2 Å². The molecule has 0 radical (unpaired) electrons. The van der Waals surface area contributed by atoms with Gasteiger partial charge in [0.25, 0.3) is 0 Å². The van der Waals surface area contributed by atoms with Gasteiger partial charge in [-0.3, -0.25) is 4.79 Å². The zero-order valence-electron chi connectivity index (χ0n) is 17.6. The van der Waals surface area contributed by atoms with Gasteiger partial charge in [-0.1, -0.05) is 30.3 Å². The fraction of sp³-hybridized carbons (Fsp3) is 0.273. The Bertz CT molecular complexity index is 1170. The third-order valence-electron chi connectivity index (χ3n) is 4.66. The average Bonchev–Trinajstić information content (AvgIpc) is 3.22. The molecular weight excluding hydrogens is 434 g/mol. The highest BCUT2D eigenvalue weighted by atomic mass is 32.2. The topological polar surface area (TPSA) is 97.4 Å². The number of sulfonamides is 1. The summed E-state index contributed by atoms with van der Waals surface area (Å²) in [6.45, 7) is 4.49. The molecule has 1 aromatic heterocycles. The van der Waals surface area contributed by atoms with Crippen molar-refractivity contribution in [3.63, 3.8) is 0 Å². The van der Waals surface area contributed by atoms with Crippen LogP contribution in [-0.4, -0.2) is 39.4 Å². The summed E-state index contributed by atoms with van der Waals surface area (Å²) in [4.78, 5) is 17.1. The van der Waals surface area contributed by atoms with Crippen LogP contribution in [-0.2, 0) is 10.0 Å². The second-order valence-electron chi connectivity index (χ2n) is 7.01. The first kappa shape index (κ1) is 22.9. The van der Waals surface area contributed by atoms with Crippen LogP contribution in [0.2, 0.25) is 0 Å². The first-order chi connectivity index (χ1) is 14.8. The van der Waals surface area contributed by atoms with Gasteiger partial charge >= 0.3 is 0 Å². The lowest BCUT2D eigenvalue weighted by molar-refractivity contribution is 0.103. The standard InChI is InChI=1S/C22H25N3O4S2/c1-15-9-10-19(29-3)20(13-15)31(27,28)24-12-6-11-23-22-25-18(14-30-22)21(26)17-8-5-4-7-16(17)2/h4-5,7-10,13-14,24H,6,11-12H2,1-3H3,(H,23,25). The lowest BCUT2D eigenvalue weighted by Crippen LogP contribution is -2.26. The highest BCUT2D eigenvalue weighted by Crippen LogP contribution is 2.24. The van der Waals surface area contributed by atoms with E-state index in [1.807, 2.05) is 32.0 Å². The molecule has 0 amide bonds. The molecule has 7 nitrogen and oxygen atoms in total. The Hall–Kier alpha value is -2.75. The van der Waals surface area contributed by atoms with E-state index in [4.69, 9.17) is 4.74 Å². The normalized spacial score (nSPS) is 11.3. The van der Waals surface area contributed by atoms with Crippen LogP contribution in [0.1, 0.15) is 33.6 Å². The smallest absolute Gasteiger partial charge is 0.244 e. The number of hydrogen-bond donors (Lipinski definition) is 2. The molecule has 31 heavy (non-hydrogen) atoms. The van der Waals surface area contributed by atoms with Gasteiger partial charge < -0.3 is 10.1 Å². The Morgan fingerprint density at radius 1 is 1.13 bits per heavy atom. The maximum atomic E-state index is 12.6. The molecule has 0 saturated heterocycles. The number of aryl methyl sites for hydroxylation is 2. The van der Waals surface area contributed by atoms with Crippen molar-refractivity contribution in [2.75, 3.05) is 25.5 Å². The van der Waals surface area contributed by atoms with Gasteiger partial charge in [0, 0.05) is 24.0 Å². The Morgan fingerprint density at radius 3 is 2.65 bits per heavy atom. The second kappa shape index (κ2) is 10.0. The number of ether oxygens (including phenoxy) is 1. The van der Waals surface area contributed by atoms with Gasteiger partial charge in [0.1, 0.15) is 16.3 Å². The van der Waals surface area contributed by atoms with Crippen LogP contribution < -0.4 is 14.8 Å². The molecule has 2 aromatic carbocycles. The van der Waals surface area contributed by atoms with E-state index in [1.165, 1.54) is 18.4 Å². The lowest BCUT2D eigenvalue weighted by Gasteiger charge is -2.11. The monoisotopic (exact) mass is 459 g/mol. The van der Waals surface area contributed by atoms with Crippen molar-refractivity contribution in [3.8, 4) is 5.75 Å². The number of carbonyl (C=O) groups is 1. The molecule has 0 saturated carbocycles. The van der Waals surface area contributed by atoms with Gasteiger partial charge in [-0.15, -0.1) is 11.3 Å². The summed E-state index contributed by atoms with van der Waals surface area (Å²) in [6.07, 6.45) is 0.550.